The largest absolute Gasteiger partial charge is 0.327 e. The average Bonchev–Trinajstić information content (AvgIpc) is 3.52. The zero-order chi connectivity index (χ0) is 20.8. The average molecular weight is 406 g/mol. The van der Waals surface area contributed by atoms with Crippen LogP contribution in [0.2, 0.25) is 0 Å². The van der Waals surface area contributed by atoms with Crippen LogP contribution in [-0.2, 0) is 11.2 Å². The van der Waals surface area contributed by atoms with Gasteiger partial charge in [0.05, 0.1) is 24.4 Å². The summed E-state index contributed by atoms with van der Waals surface area (Å²) in [7, 11) is 0. The molecular weight excluding hydrogens is 380 g/mol. The lowest BCUT2D eigenvalue weighted by molar-refractivity contribution is -0.117. The molecule has 2 aromatic rings. The molecule has 2 aromatic heterocycles. The van der Waals surface area contributed by atoms with E-state index in [1.54, 1.807) is 6.20 Å². The number of fused-ring (bicyclic) bond motifs is 1. The molecule has 2 fully saturated rings. The molecular formula is C22H26N6O2. The summed E-state index contributed by atoms with van der Waals surface area (Å²) >= 11 is 0. The highest BCUT2D eigenvalue weighted by atomic mass is 16.2. The van der Waals surface area contributed by atoms with Gasteiger partial charge in [0.1, 0.15) is 11.5 Å². The van der Waals surface area contributed by atoms with E-state index in [2.05, 4.69) is 9.97 Å². The van der Waals surface area contributed by atoms with Gasteiger partial charge in [-0.1, -0.05) is 0 Å². The lowest BCUT2D eigenvalue weighted by Crippen LogP contribution is -2.40. The van der Waals surface area contributed by atoms with Crippen LogP contribution in [0.4, 0.5) is 5.82 Å². The van der Waals surface area contributed by atoms with Crippen molar-refractivity contribution in [2.45, 2.75) is 58.4 Å². The molecule has 0 bridgehead atoms. The second kappa shape index (κ2) is 7.41. The second-order valence-corrected chi connectivity index (χ2v) is 8.65. The van der Waals surface area contributed by atoms with Gasteiger partial charge in [0, 0.05) is 30.5 Å². The number of carbonyl (C=O) groups is 2. The van der Waals surface area contributed by atoms with E-state index in [4.69, 9.17) is 9.97 Å². The van der Waals surface area contributed by atoms with Crippen molar-refractivity contribution >= 4 is 17.6 Å². The summed E-state index contributed by atoms with van der Waals surface area (Å²) in [6.07, 6.45) is 8.64. The molecule has 0 unspecified atom stereocenters. The summed E-state index contributed by atoms with van der Waals surface area (Å²) in [5.74, 6) is 1.95. The Balaban J connectivity index is 1.48. The zero-order valence-corrected chi connectivity index (χ0v) is 17.5. The van der Waals surface area contributed by atoms with E-state index < -0.39 is 0 Å². The maximum Gasteiger partial charge on any atom is 0.274 e. The number of anilines is 1. The van der Waals surface area contributed by atoms with Crippen molar-refractivity contribution in [1.29, 1.82) is 0 Å². The van der Waals surface area contributed by atoms with E-state index in [1.165, 1.54) is 19.0 Å². The Morgan fingerprint density at radius 3 is 2.67 bits per heavy atom. The number of piperidine rings is 1. The summed E-state index contributed by atoms with van der Waals surface area (Å²) in [4.78, 5) is 47.5. The van der Waals surface area contributed by atoms with Crippen molar-refractivity contribution < 1.29 is 9.59 Å². The van der Waals surface area contributed by atoms with Gasteiger partial charge in [0.25, 0.3) is 5.91 Å². The third kappa shape index (κ3) is 3.44. The molecule has 3 aliphatic rings. The van der Waals surface area contributed by atoms with Crippen molar-refractivity contribution in [2.24, 2.45) is 5.92 Å². The summed E-state index contributed by atoms with van der Waals surface area (Å²) in [6, 6.07) is -0.211. The molecule has 4 heterocycles. The van der Waals surface area contributed by atoms with Gasteiger partial charge < -0.3 is 4.90 Å². The number of nitrogens with zero attached hydrogens (tertiary/aromatic N) is 6. The first-order valence-electron chi connectivity index (χ1n) is 10.8. The molecule has 1 aliphatic carbocycles. The van der Waals surface area contributed by atoms with Crippen LogP contribution in [0, 0.1) is 19.8 Å². The fourth-order valence-electron chi connectivity index (χ4n) is 4.39. The van der Waals surface area contributed by atoms with E-state index in [-0.39, 0.29) is 17.9 Å². The number of rotatable bonds is 4. The molecule has 30 heavy (non-hydrogen) atoms. The van der Waals surface area contributed by atoms with Crippen LogP contribution in [0.25, 0.3) is 0 Å². The Hall–Kier alpha value is -2.90. The second-order valence-electron chi connectivity index (χ2n) is 8.65. The summed E-state index contributed by atoms with van der Waals surface area (Å²) in [5, 5.41) is 0. The highest BCUT2D eigenvalue weighted by molar-refractivity contribution is 6.00. The first-order valence-corrected chi connectivity index (χ1v) is 10.8. The van der Waals surface area contributed by atoms with E-state index >= 15 is 0 Å². The first-order chi connectivity index (χ1) is 14.5. The maximum atomic E-state index is 13.2. The number of aryl methyl sites for hydroxylation is 2. The standard InChI is InChI=1S/C22H26N6O2/c1-13-10-24-17(11-23-13)22(30)27-8-4-3-5-18(27)20-25-14(2)16-9-19(29)28(21(16)26-20)12-15-6-7-15/h10-11,15,18H,3-9,12H2,1-2H3/t18-/m0/s1. The molecule has 0 radical (unpaired) electrons. The Kier molecular flexibility index (Phi) is 4.72. The van der Waals surface area contributed by atoms with Gasteiger partial charge in [0.2, 0.25) is 5.91 Å². The Labute approximate surface area is 175 Å². The van der Waals surface area contributed by atoms with Crippen LogP contribution >= 0.6 is 0 Å². The molecule has 1 atom stereocenters. The van der Waals surface area contributed by atoms with Gasteiger partial charge in [-0.25, -0.2) is 15.0 Å². The van der Waals surface area contributed by atoms with E-state index in [9.17, 15) is 9.59 Å². The van der Waals surface area contributed by atoms with E-state index in [1.807, 2.05) is 23.6 Å². The van der Waals surface area contributed by atoms with Crippen molar-refractivity contribution in [2.75, 3.05) is 18.0 Å². The van der Waals surface area contributed by atoms with Crippen LogP contribution in [0.1, 0.15) is 71.4 Å². The molecule has 0 N–H and O–H groups in total. The van der Waals surface area contributed by atoms with E-state index in [0.717, 1.165) is 48.6 Å². The quantitative estimate of drug-likeness (QED) is 0.775. The van der Waals surface area contributed by atoms with Crippen LogP contribution in [0.15, 0.2) is 12.4 Å². The number of carbonyl (C=O) groups excluding carboxylic acids is 2. The SMILES string of the molecule is Cc1cnc(C(=O)N2CCCC[C@H]2c2nc(C)c3c(n2)N(CC2CC2)C(=O)C3)cn1. The fourth-order valence-corrected chi connectivity index (χ4v) is 4.39. The Bertz CT molecular complexity index is 1000. The van der Waals surface area contributed by atoms with Crippen molar-refractivity contribution in [1.82, 2.24) is 24.8 Å². The minimum atomic E-state index is -0.211. The molecule has 1 saturated carbocycles. The predicted octanol–water partition coefficient (Wildman–Crippen LogP) is 2.55. The van der Waals surface area contributed by atoms with Gasteiger partial charge >= 0.3 is 0 Å². The third-order valence-electron chi connectivity index (χ3n) is 6.29. The Morgan fingerprint density at radius 2 is 1.93 bits per heavy atom. The lowest BCUT2D eigenvalue weighted by Gasteiger charge is -2.35. The van der Waals surface area contributed by atoms with Crippen molar-refractivity contribution in [3.05, 3.63) is 40.9 Å². The zero-order valence-electron chi connectivity index (χ0n) is 17.5. The van der Waals surface area contributed by atoms with Crippen molar-refractivity contribution in [3.8, 4) is 0 Å². The number of amides is 2. The van der Waals surface area contributed by atoms with Gasteiger partial charge in [-0.05, 0) is 51.9 Å². The number of aromatic nitrogens is 4. The summed E-state index contributed by atoms with van der Waals surface area (Å²) in [5.41, 5.74) is 2.90. The van der Waals surface area contributed by atoms with Crippen LogP contribution in [-0.4, -0.2) is 49.7 Å². The first kappa shape index (κ1) is 19.1. The molecule has 8 heteroatoms. The number of likely N-dealkylation sites (tertiary alicyclic amines) is 1. The van der Waals surface area contributed by atoms with Gasteiger partial charge in [-0.3, -0.25) is 19.5 Å². The molecule has 0 aromatic carbocycles. The van der Waals surface area contributed by atoms with Crippen LogP contribution in [0.5, 0.6) is 0 Å². The van der Waals surface area contributed by atoms with Gasteiger partial charge in [-0.15, -0.1) is 0 Å². The third-order valence-corrected chi connectivity index (χ3v) is 6.29. The number of hydrogen-bond acceptors (Lipinski definition) is 6. The smallest absolute Gasteiger partial charge is 0.274 e. The molecule has 5 rings (SSSR count). The molecule has 2 aliphatic heterocycles. The molecule has 0 spiro atoms. The van der Waals surface area contributed by atoms with Gasteiger partial charge in [-0.2, -0.15) is 0 Å². The minimum Gasteiger partial charge on any atom is -0.327 e. The molecule has 1 saturated heterocycles. The highest BCUT2D eigenvalue weighted by Gasteiger charge is 2.38. The Morgan fingerprint density at radius 1 is 1.10 bits per heavy atom. The summed E-state index contributed by atoms with van der Waals surface area (Å²) in [6.45, 7) is 5.18. The van der Waals surface area contributed by atoms with Gasteiger partial charge in [0.15, 0.2) is 5.82 Å². The van der Waals surface area contributed by atoms with Crippen LogP contribution in [0.3, 0.4) is 0 Å². The fraction of sp³-hybridized carbons (Fsp3) is 0.545. The maximum absolute atomic E-state index is 13.2. The van der Waals surface area contributed by atoms with E-state index in [0.29, 0.717) is 30.4 Å². The minimum absolute atomic E-state index is 0.109. The highest BCUT2D eigenvalue weighted by Crippen LogP contribution is 2.38. The number of hydrogen-bond donors (Lipinski definition) is 0. The topological polar surface area (TPSA) is 92.2 Å². The summed E-state index contributed by atoms with van der Waals surface area (Å²) < 4.78 is 0. The molecule has 8 nitrogen and oxygen atoms in total. The normalized spacial score (nSPS) is 21.1. The molecule has 156 valence electrons. The van der Waals surface area contributed by atoms with Crippen molar-refractivity contribution in [3.63, 3.8) is 0 Å². The lowest BCUT2D eigenvalue weighted by atomic mass is 10.0. The van der Waals surface area contributed by atoms with Crippen LogP contribution < -0.4 is 4.90 Å². The monoisotopic (exact) mass is 406 g/mol. The molecule has 2 amide bonds. The predicted molar refractivity (Wildman–Crippen MR) is 110 cm³/mol.